The summed E-state index contributed by atoms with van der Waals surface area (Å²) in [6.07, 6.45) is 0. The fourth-order valence-corrected chi connectivity index (χ4v) is 15.5. The minimum atomic E-state index is -0.573. The molecule has 2 aliphatic carbocycles. The van der Waals surface area contributed by atoms with Crippen LogP contribution >= 0.6 is 11.8 Å². The van der Waals surface area contributed by atoms with Crippen molar-refractivity contribution < 1.29 is 4.74 Å². The van der Waals surface area contributed by atoms with Gasteiger partial charge in [0.25, 0.3) is 0 Å². The summed E-state index contributed by atoms with van der Waals surface area (Å²) in [6, 6.07) is 104. The second kappa shape index (κ2) is 16.4. The zero-order valence-corrected chi connectivity index (χ0v) is 43.1. The Kier molecular flexibility index (Phi) is 9.20. The van der Waals surface area contributed by atoms with E-state index in [1.165, 1.54) is 92.8 Å². The molecule has 0 bridgehead atoms. The van der Waals surface area contributed by atoms with Gasteiger partial charge in [-0.3, -0.25) is 0 Å². The number of anilines is 3. The average Bonchev–Trinajstić information content (AvgIpc) is 4.29. The number of ether oxygens (including phenoxy) is 1. The molecule has 4 aliphatic rings. The highest BCUT2D eigenvalue weighted by Crippen LogP contribution is 2.66. The van der Waals surface area contributed by atoms with Gasteiger partial charge in [-0.1, -0.05) is 206 Å². The molecule has 3 heterocycles. The summed E-state index contributed by atoms with van der Waals surface area (Å²) >= 11 is 1.88. The molecule has 0 fully saturated rings. The highest BCUT2D eigenvalue weighted by molar-refractivity contribution is 7.99. The van der Waals surface area contributed by atoms with E-state index >= 15 is 0 Å². The summed E-state index contributed by atoms with van der Waals surface area (Å²) in [5.74, 6) is 1.78. The zero-order valence-electron chi connectivity index (χ0n) is 42.3. The largest absolute Gasteiger partial charge is 0.457 e. The molecule has 0 amide bonds. The van der Waals surface area contributed by atoms with E-state index in [4.69, 9.17) is 4.74 Å². The van der Waals surface area contributed by atoms with Gasteiger partial charge in [0, 0.05) is 54.3 Å². The third-order valence-electron chi connectivity index (χ3n) is 17.3. The van der Waals surface area contributed by atoms with Crippen molar-refractivity contribution in [3.05, 3.63) is 324 Å². The molecule has 17 rings (SSSR count). The lowest BCUT2D eigenvalue weighted by molar-refractivity contribution is 0.436. The van der Waals surface area contributed by atoms with E-state index in [0.29, 0.717) is 0 Å². The van der Waals surface area contributed by atoms with Crippen LogP contribution in [0.4, 0.5) is 17.1 Å². The molecule has 2 spiro atoms. The maximum Gasteiger partial charge on any atom is 0.132 e. The van der Waals surface area contributed by atoms with Crippen LogP contribution < -0.4 is 9.64 Å². The van der Waals surface area contributed by atoms with Crippen LogP contribution in [0.15, 0.2) is 289 Å². The topological polar surface area (TPSA) is 17.4 Å². The van der Waals surface area contributed by atoms with Gasteiger partial charge in [-0.15, -0.1) is 0 Å². The Morgan fingerprint density at radius 2 is 0.859 bits per heavy atom. The number of benzene rings is 12. The van der Waals surface area contributed by atoms with Crippen LogP contribution in [-0.2, 0) is 10.8 Å². The molecule has 13 aromatic rings. The van der Waals surface area contributed by atoms with Gasteiger partial charge in [0.05, 0.1) is 27.6 Å². The van der Waals surface area contributed by atoms with Crippen LogP contribution in [0.2, 0.25) is 0 Å². The first-order valence-corrected chi connectivity index (χ1v) is 27.7. The first-order chi connectivity index (χ1) is 38.7. The van der Waals surface area contributed by atoms with Crippen LogP contribution in [0.3, 0.4) is 0 Å². The molecular weight excluding hydrogens is 965 g/mol. The van der Waals surface area contributed by atoms with Gasteiger partial charge in [-0.05, 0) is 146 Å². The Bertz CT molecular complexity index is 4560. The summed E-state index contributed by atoms with van der Waals surface area (Å²) in [4.78, 5) is 5.12. The standard InChI is InChI=1S/C74H46N2OS/c1-2-19-49(20-3-1)76-65-31-13-6-22-53(65)56-45-48(39-44-66(56)76)47-37-40-50(41-38-47)75(51-42-43-59-55(46-51)52-21-4-7-24-57(52)73(59)60-26-9-14-33-68(60)77-69-34-15-10-27-61(69)73)67-32-18-30-64-72(67)54-23-5-8-25-58(54)74(64)62-28-11-16-35-70(62)78-71-36-17-12-29-63(71)74/h1-46H. The molecule has 78 heavy (non-hydrogen) atoms. The monoisotopic (exact) mass is 1010 g/mol. The Morgan fingerprint density at radius 1 is 0.333 bits per heavy atom. The van der Waals surface area contributed by atoms with Crippen molar-refractivity contribution in [3.63, 3.8) is 0 Å². The van der Waals surface area contributed by atoms with Crippen molar-refractivity contribution in [3.8, 4) is 50.6 Å². The molecule has 4 heteroatoms. The summed E-state index contributed by atoms with van der Waals surface area (Å²) in [6.45, 7) is 0. The lowest BCUT2D eigenvalue weighted by Gasteiger charge is -2.40. The van der Waals surface area contributed by atoms with Crippen LogP contribution in [0.5, 0.6) is 11.5 Å². The Morgan fingerprint density at radius 3 is 1.59 bits per heavy atom. The Labute approximate surface area is 456 Å². The summed E-state index contributed by atoms with van der Waals surface area (Å²) in [7, 11) is 0. The van der Waals surface area contributed by atoms with Gasteiger partial charge < -0.3 is 14.2 Å². The molecular formula is C74H46N2OS. The molecule has 0 N–H and O–H groups in total. The van der Waals surface area contributed by atoms with Crippen molar-refractivity contribution in [2.45, 2.75) is 20.6 Å². The van der Waals surface area contributed by atoms with Gasteiger partial charge in [0.15, 0.2) is 0 Å². The third-order valence-corrected chi connectivity index (χ3v) is 18.5. The van der Waals surface area contributed by atoms with Crippen molar-refractivity contribution in [1.82, 2.24) is 4.57 Å². The second-order valence-electron chi connectivity index (χ2n) is 21.0. The van der Waals surface area contributed by atoms with Gasteiger partial charge in [-0.25, -0.2) is 0 Å². The van der Waals surface area contributed by atoms with Crippen LogP contribution in [-0.4, -0.2) is 4.57 Å². The molecule has 364 valence electrons. The van der Waals surface area contributed by atoms with E-state index in [1.54, 1.807) is 0 Å². The minimum absolute atomic E-state index is 0.523. The normalized spacial score (nSPS) is 14.2. The lowest BCUT2D eigenvalue weighted by atomic mass is 9.66. The summed E-state index contributed by atoms with van der Waals surface area (Å²) in [5, 5.41) is 2.48. The smallest absolute Gasteiger partial charge is 0.132 e. The predicted molar refractivity (Wildman–Crippen MR) is 320 cm³/mol. The van der Waals surface area contributed by atoms with Gasteiger partial charge >= 0.3 is 0 Å². The third kappa shape index (κ3) is 5.79. The van der Waals surface area contributed by atoms with Gasteiger partial charge in [0.1, 0.15) is 11.5 Å². The lowest BCUT2D eigenvalue weighted by Crippen LogP contribution is -2.32. The number of aromatic nitrogens is 1. The fraction of sp³-hybridized carbons (Fsp3) is 0.0270. The SMILES string of the molecule is c1ccc(-n2c3ccccc3c3cc(-c4ccc(N(c5ccc6c(c5)-c5ccccc5C65c6ccccc6Oc6ccccc65)c5cccc6c5-c5ccccc5C65c6ccccc6Sc6ccccc65)cc4)ccc32)cc1. The number of hydrogen-bond acceptors (Lipinski definition) is 3. The van der Waals surface area contributed by atoms with Crippen LogP contribution in [0, 0.1) is 0 Å². The van der Waals surface area contributed by atoms with Crippen molar-refractivity contribution in [1.29, 1.82) is 0 Å². The predicted octanol–water partition coefficient (Wildman–Crippen LogP) is 19.2. The molecule has 0 radical (unpaired) electrons. The van der Waals surface area contributed by atoms with E-state index in [1.807, 2.05) is 11.8 Å². The maximum atomic E-state index is 6.72. The minimum Gasteiger partial charge on any atom is -0.457 e. The summed E-state index contributed by atoms with van der Waals surface area (Å²) < 4.78 is 9.11. The number of hydrogen-bond donors (Lipinski definition) is 0. The van der Waals surface area contributed by atoms with E-state index in [9.17, 15) is 0 Å². The van der Waals surface area contributed by atoms with E-state index < -0.39 is 10.8 Å². The molecule has 1 aromatic heterocycles. The molecule has 0 saturated carbocycles. The number of rotatable bonds is 5. The van der Waals surface area contributed by atoms with Crippen molar-refractivity contribution >= 4 is 50.6 Å². The summed E-state index contributed by atoms with van der Waals surface area (Å²) in [5.41, 5.74) is 23.2. The van der Waals surface area contributed by atoms with Crippen LogP contribution in [0.1, 0.15) is 44.5 Å². The van der Waals surface area contributed by atoms with Crippen molar-refractivity contribution in [2.24, 2.45) is 0 Å². The first kappa shape index (κ1) is 43.6. The van der Waals surface area contributed by atoms with E-state index in [2.05, 4.69) is 289 Å². The zero-order chi connectivity index (χ0) is 51.1. The average molecular weight is 1010 g/mol. The second-order valence-corrected chi connectivity index (χ2v) is 22.1. The van der Waals surface area contributed by atoms with E-state index in [0.717, 1.165) is 50.9 Å². The van der Waals surface area contributed by atoms with E-state index in [-0.39, 0.29) is 0 Å². The van der Waals surface area contributed by atoms with Crippen LogP contribution in [0.25, 0.3) is 60.9 Å². The number of nitrogens with zero attached hydrogens (tertiary/aromatic N) is 2. The molecule has 0 saturated heterocycles. The highest BCUT2D eigenvalue weighted by Gasteiger charge is 2.53. The number of para-hydroxylation sites is 4. The van der Waals surface area contributed by atoms with Gasteiger partial charge in [-0.2, -0.15) is 0 Å². The highest BCUT2D eigenvalue weighted by atomic mass is 32.2. The molecule has 3 nitrogen and oxygen atoms in total. The molecule has 0 atom stereocenters. The van der Waals surface area contributed by atoms with Gasteiger partial charge in [0.2, 0.25) is 0 Å². The maximum absolute atomic E-state index is 6.72. The first-order valence-electron chi connectivity index (χ1n) is 26.9. The quantitative estimate of drug-likeness (QED) is 0.171. The molecule has 0 unspecified atom stereocenters. The molecule has 12 aromatic carbocycles. The Balaban J connectivity index is 0.898. The molecule has 2 aliphatic heterocycles. The Hall–Kier alpha value is -9.61. The van der Waals surface area contributed by atoms with Crippen molar-refractivity contribution in [2.75, 3.05) is 4.90 Å². The number of fused-ring (bicyclic) bond motifs is 21. The fourth-order valence-electron chi connectivity index (χ4n) is 14.3.